The predicted molar refractivity (Wildman–Crippen MR) is 116 cm³/mol. The van der Waals surface area contributed by atoms with Gasteiger partial charge in [-0.1, -0.05) is 12.1 Å². The molecule has 30 heavy (non-hydrogen) atoms. The van der Waals surface area contributed by atoms with Gasteiger partial charge in [0.2, 0.25) is 5.91 Å². The minimum absolute atomic E-state index is 0.0896. The molecule has 8 nitrogen and oxygen atoms in total. The van der Waals surface area contributed by atoms with Crippen molar-refractivity contribution < 1.29 is 19.1 Å². The number of esters is 1. The predicted octanol–water partition coefficient (Wildman–Crippen LogP) is 2.01. The van der Waals surface area contributed by atoms with Crippen LogP contribution in [0.1, 0.15) is 18.2 Å². The molecule has 1 fully saturated rings. The van der Waals surface area contributed by atoms with Crippen LogP contribution in [-0.4, -0.2) is 73.1 Å². The zero-order chi connectivity index (χ0) is 21.3. The van der Waals surface area contributed by atoms with Crippen molar-refractivity contribution in [2.45, 2.75) is 19.9 Å². The van der Waals surface area contributed by atoms with Crippen molar-refractivity contribution >= 4 is 28.3 Å². The van der Waals surface area contributed by atoms with E-state index in [9.17, 15) is 9.59 Å². The third-order valence-corrected chi connectivity index (χ3v) is 5.61. The summed E-state index contributed by atoms with van der Waals surface area (Å²) in [7, 11) is 1.68. The molecule has 1 aliphatic rings. The first-order valence-electron chi connectivity index (χ1n) is 10.0. The summed E-state index contributed by atoms with van der Waals surface area (Å²) >= 11 is 1.32. The van der Waals surface area contributed by atoms with Gasteiger partial charge in [-0.25, -0.2) is 4.98 Å². The normalized spacial score (nSPS) is 15.0. The molecule has 1 amide bonds. The first-order valence-corrected chi connectivity index (χ1v) is 10.9. The second-order valence-corrected chi connectivity index (χ2v) is 7.94. The number of nitrogens with zero attached hydrogens (tertiary/aromatic N) is 3. The van der Waals surface area contributed by atoms with Crippen LogP contribution in [-0.2, 0) is 27.3 Å². The molecule has 0 spiro atoms. The van der Waals surface area contributed by atoms with Gasteiger partial charge in [-0.05, 0) is 24.6 Å². The van der Waals surface area contributed by atoms with E-state index < -0.39 is 0 Å². The van der Waals surface area contributed by atoms with Crippen LogP contribution in [0.2, 0.25) is 0 Å². The van der Waals surface area contributed by atoms with E-state index in [1.54, 1.807) is 19.4 Å². The van der Waals surface area contributed by atoms with Crippen LogP contribution in [0.15, 0.2) is 29.6 Å². The summed E-state index contributed by atoms with van der Waals surface area (Å²) in [6, 6.07) is 8.12. The summed E-state index contributed by atoms with van der Waals surface area (Å²) in [4.78, 5) is 32.7. The molecule has 1 aromatic carbocycles. The Morgan fingerprint density at radius 2 is 1.97 bits per heavy atom. The Hall–Kier alpha value is -2.49. The number of methoxy groups -OCH3 is 1. The quantitative estimate of drug-likeness (QED) is 0.607. The van der Waals surface area contributed by atoms with E-state index in [2.05, 4.69) is 32.2 Å². The Bertz CT molecular complexity index is 849. The van der Waals surface area contributed by atoms with Crippen molar-refractivity contribution in [3.05, 3.63) is 40.9 Å². The standard InChI is InChI=1S/C21H28N4O4S/c1-3-29-20(27)12-17-15-30-21(22-17)23-19(26)14-25-9-7-24(8-10-25)13-16-5-4-6-18(11-16)28-2/h4-6,11,15H,3,7-10,12-14H2,1-2H3,(H,22,23,26). The average Bonchev–Trinajstić information content (AvgIpc) is 3.16. The zero-order valence-corrected chi connectivity index (χ0v) is 18.2. The summed E-state index contributed by atoms with van der Waals surface area (Å²) in [6.07, 6.45) is 0.120. The van der Waals surface area contributed by atoms with Crippen molar-refractivity contribution in [2.24, 2.45) is 0 Å². The number of ether oxygens (including phenoxy) is 2. The molecule has 0 radical (unpaired) electrons. The van der Waals surface area contributed by atoms with Gasteiger partial charge in [-0.3, -0.25) is 19.4 Å². The molecule has 9 heteroatoms. The van der Waals surface area contributed by atoms with E-state index in [1.165, 1.54) is 16.9 Å². The van der Waals surface area contributed by atoms with Gasteiger partial charge in [0, 0.05) is 38.1 Å². The first-order chi connectivity index (χ1) is 14.6. The lowest BCUT2D eigenvalue weighted by Crippen LogP contribution is -2.48. The number of thiazole rings is 1. The average molecular weight is 433 g/mol. The van der Waals surface area contributed by atoms with Gasteiger partial charge in [0.05, 0.1) is 32.4 Å². The maximum atomic E-state index is 12.4. The molecule has 0 unspecified atom stereocenters. The Labute approximate surface area is 180 Å². The molecule has 162 valence electrons. The number of carbonyl (C=O) groups excluding carboxylic acids is 2. The van der Waals surface area contributed by atoms with E-state index in [4.69, 9.17) is 9.47 Å². The molecule has 0 atom stereocenters. The summed E-state index contributed by atoms with van der Waals surface area (Å²) < 4.78 is 10.2. The van der Waals surface area contributed by atoms with Gasteiger partial charge >= 0.3 is 5.97 Å². The number of aromatic nitrogens is 1. The van der Waals surface area contributed by atoms with Crippen molar-refractivity contribution in [1.29, 1.82) is 0 Å². The van der Waals surface area contributed by atoms with Gasteiger partial charge in [0.15, 0.2) is 5.13 Å². The summed E-state index contributed by atoms with van der Waals surface area (Å²) in [5, 5.41) is 5.10. The number of hydrogen-bond acceptors (Lipinski definition) is 8. The molecule has 1 saturated heterocycles. The minimum atomic E-state index is -0.313. The molecule has 2 heterocycles. The molecule has 1 aliphatic heterocycles. The first kappa shape index (κ1) is 22.2. The number of benzene rings is 1. The van der Waals surface area contributed by atoms with Crippen LogP contribution in [0.4, 0.5) is 5.13 Å². The van der Waals surface area contributed by atoms with Crippen molar-refractivity contribution in [3.63, 3.8) is 0 Å². The summed E-state index contributed by atoms with van der Waals surface area (Å²) in [5.74, 6) is 0.469. The minimum Gasteiger partial charge on any atom is -0.497 e. The Morgan fingerprint density at radius 1 is 1.20 bits per heavy atom. The third kappa shape index (κ3) is 6.79. The second-order valence-electron chi connectivity index (χ2n) is 7.08. The highest BCUT2D eigenvalue weighted by Gasteiger charge is 2.20. The zero-order valence-electron chi connectivity index (χ0n) is 17.4. The largest absolute Gasteiger partial charge is 0.497 e. The molecule has 1 N–H and O–H groups in total. The van der Waals surface area contributed by atoms with Crippen LogP contribution in [0, 0.1) is 0 Å². The Kier molecular flexibility index (Phi) is 8.18. The van der Waals surface area contributed by atoms with Crippen molar-refractivity contribution in [2.75, 3.05) is 51.8 Å². The van der Waals surface area contributed by atoms with Crippen molar-refractivity contribution in [1.82, 2.24) is 14.8 Å². The number of nitrogens with one attached hydrogen (secondary N) is 1. The van der Waals surface area contributed by atoms with Gasteiger partial charge < -0.3 is 14.8 Å². The highest BCUT2D eigenvalue weighted by molar-refractivity contribution is 7.13. The van der Waals surface area contributed by atoms with E-state index in [0.717, 1.165) is 38.5 Å². The fourth-order valence-electron chi connectivity index (χ4n) is 3.30. The number of carbonyl (C=O) groups is 2. The second kappa shape index (κ2) is 11.1. The van der Waals surface area contributed by atoms with Gasteiger partial charge in [0.25, 0.3) is 0 Å². The fourth-order valence-corrected chi connectivity index (χ4v) is 4.03. The number of rotatable bonds is 9. The topological polar surface area (TPSA) is 84.0 Å². The molecule has 0 aliphatic carbocycles. The Balaban J connectivity index is 1.40. The maximum Gasteiger partial charge on any atom is 0.311 e. The third-order valence-electron chi connectivity index (χ3n) is 4.80. The highest BCUT2D eigenvalue weighted by atomic mass is 32.1. The smallest absolute Gasteiger partial charge is 0.311 e. The monoisotopic (exact) mass is 432 g/mol. The maximum absolute atomic E-state index is 12.4. The molecule has 3 rings (SSSR count). The van der Waals surface area contributed by atoms with Gasteiger partial charge in [0.1, 0.15) is 5.75 Å². The molecule has 0 saturated carbocycles. The highest BCUT2D eigenvalue weighted by Crippen LogP contribution is 2.17. The Morgan fingerprint density at radius 3 is 2.70 bits per heavy atom. The van der Waals surface area contributed by atoms with E-state index in [1.807, 2.05) is 12.1 Å². The van der Waals surface area contributed by atoms with E-state index >= 15 is 0 Å². The number of hydrogen-bond donors (Lipinski definition) is 1. The molecule has 0 bridgehead atoms. The summed E-state index contributed by atoms with van der Waals surface area (Å²) in [5.41, 5.74) is 1.84. The molecular weight excluding hydrogens is 404 g/mol. The molecular formula is C21H28N4O4S. The lowest BCUT2D eigenvalue weighted by Gasteiger charge is -2.34. The van der Waals surface area contributed by atoms with Gasteiger partial charge in [-0.15, -0.1) is 11.3 Å². The molecule has 1 aromatic heterocycles. The van der Waals surface area contributed by atoms with E-state index in [0.29, 0.717) is 24.0 Å². The lowest BCUT2D eigenvalue weighted by atomic mass is 10.2. The SMILES string of the molecule is CCOC(=O)Cc1csc(NC(=O)CN2CCN(Cc3cccc(OC)c3)CC2)n1. The fraction of sp³-hybridized carbons (Fsp3) is 0.476. The number of anilines is 1. The summed E-state index contributed by atoms with van der Waals surface area (Å²) in [6.45, 7) is 6.81. The lowest BCUT2D eigenvalue weighted by molar-refractivity contribution is -0.142. The van der Waals surface area contributed by atoms with E-state index in [-0.39, 0.29) is 18.3 Å². The van der Waals surface area contributed by atoms with Crippen LogP contribution in [0.5, 0.6) is 5.75 Å². The van der Waals surface area contributed by atoms with Crippen LogP contribution >= 0.6 is 11.3 Å². The van der Waals surface area contributed by atoms with Gasteiger partial charge in [-0.2, -0.15) is 0 Å². The number of amides is 1. The van der Waals surface area contributed by atoms with Crippen LogP contribution in [0.3, 0.4) is 0 Å². The number of piperazine rings is 1. The van der Waals surface area contributed by atoms with Crippen molar-refractivity contribution in [3.8, 4) is 5.75 Å². The molecule has 2 aromatic rings. The van der Waals surface area contributed by atoms with Crippen LogP contribution < -0.4 is 10.1 Å². The van der Waals surface area contributed by atoms with Crippen LogP contribution in [0.25, 0.3) is 0 Å².